The molecule has 0 radical (unpaired) electrons. The molecule has 2 aromatic carbocycles. The van der Waals surface area contributed by atoms with Gasteiger partial charge >= 0.3 is 6.18 Å². The van der Waals surface area contributed by atoms with Crippen LogP contribution in [0.5, 0.6) is 0 Å². The van der Waals surface area contributed by atoms with Crippen molar-refractivity contribution in [2.24, 2.45) is 0 Å². The number of hydrogen-bond donors (Lipinski definition) is 1. The minimum absolute atomic E-state index is 0.0208. The number of benzene rings is 2. The first kappa shape index (κ1) is 17.3. The molecule has 0 unspecified atom stereocenters. The van der Waals surface area contributed by atoms with E-state index in [9.17, 15) is 18.0 Å². The summed E-state index contributed by atoms with van der Waals surface area (Å²) >= 11 is 0. The van der Waals surface area contributed by atoms with E-state index in [1.54, 1.807) is 6.07 Å². The van der Waals surface area contributed by atoms with Gasteiger partial charge in [0.25, 0.3) is 0 Å². The molecule has 1 fully saturated rings. The Bertz CT molecular complexity index is 763. The van der Waals surface area contributed by atoms with E-state index in [0.29, 0.717) is 6.08 Å². The molecule has 1 aliphatic rings. The predicted octanol–water partition coefficient (Wildman–Crippen LogP) is 4.83. The van der Waals surface area contributed by atoms with Gasteiger partial charge in [-0.2, -0.15) is 13.2 Å². The topological polar surface area (TPSA) is 29.1 Å². The molecular weight excluding hydrogens is 327 g/mol. The van der Waals surface area contributed by atoms with Crippen LogP contribution < -0.4 is 5.32 Å². The second-order valence-electron chi connectivity index (χ2n) is 6.21. The van der Waals surface area contributed by atoms with Crippen molar-refractivity contribution in [3.05, 3.63) is 77.9 Å². The maximum Gasteiger partial charge on any atom is 0.417 e. The van der Waals surface area contributed by atoms with Crippen molar-refractivity contribution < 1.29 is 18.0 Å². The maximum atomic E-state index is 13.4. The van der Waals surface area contributed by atoms with Gasteiger partial charge in [-0.15, -0.1) is 0 Å². The average Bonchev–Trinajstić information content (AvgIpc) is 2.56. The fourth-order valence-electron chi connectivity index (χ4n) is 3.12. The summed E-state index contributed by atoms with van der Waals surface area (Å²) in [6, 6.07) is 16.8. The van der Waals surface area contributed by atoms with Gasteiger partial charge in [-0.05, 0) is 30.4 Å². The molecule has 1 aliphatic carbocycles. The number of nitrogens with one attached hydrogen (secondary N) is 1. The summed E-state index contributed by atoms with van der Waals surface area (Å²) in [6.45, 7) is 0. The molecule has 1 saturated carbocycles. The van der Waals surface area contributed by atoms with Crippen LogP contribution in [-0.2, 0) is 10.3 Å². The Labute approximate surface area is 144 Å². The van der Waals surface area contributed by atoms with Crippen molar-refractivity contribution in [3.8, 4) is 0 Å². The Kier molecular flexibility index (Phi) is 4.66. The van der Waals surface area contributed by atoms with E-state index in [1.165, 1.54) is 24.3 Å². The zero-order valence-corrected chi connectivity index (χ0v) is 13.5. The zero-order chi connectivity index (χ0) is 17.9. The number of carbonyl (C=O) groups is 1. The summed E-state index contributed by atoms with van der Waals surface area (Å²) in [6.07, 6.45) is -1.55. The smallest absolute Gasteiger partial charge is 0.343 e. The molecule has 130 valence electrons. The fourth-order valence-corrected chi connectivity index (χ4v) is 3.12. The number of rotatable bonds is 4. The summed E-state index contributed by atoms with van der Waals surface area (Å²) in [5, 5.41) is 2.80. The Morgan fingerprint density at radius 2 is 1.52 bits per heavy atom. The normalized spacial score (nSPS) is 16.8. The average molecular weight is 345 g/mol. The molecule has 3 rings (SSSR count). The molecule has 0 saturated heterocycles. The first-order valence-electron chi connectivity index (χ1n) is 8.13. The van der Waals surface area contributed by atoms with Gasteiger partial charge in [0.2, 0.25) is 5.91 Å². The van der Waals surface area contributed by atoms with E-state index < -0.39 is 23.2 Å². The molecule has 2 aromatic rings. The maximum absolute atomic E-state index is 13.4. The Morgan fingerprint density at radius 1 is 0.960 bits per heavy atom. The third kappa shape index (κ3) is 3.76. The van der Waals surface area contributed by atoms with Crippen LogP contribution in [0.2, 0.25) is 0 Å². The Hall–Kier alpha value is -2.56. The van der Waals surface area contributed by atoms with Crippen LogP contribution >= 0.6 is 0 Å². The van der Waals surface area contributed by atoms with Gasteiger partial charge in [-0.1, -0.05) is 60.7 Å². The summed E-state index contributed by atoms with van der Waals surface area (Å²) in [5.74, 6) is -0.722. The minimum atomic E-state index is -4.60. The lowest BCUT2D eigenvalue weighted by atomic mass is 9.72. The van der Waals surface area contributed by atoms with E-state index >= 15 is 0 Å². The van der Waals surface area contributed by atoms with Crippen molar-refractivity contribution in [1.82, 2.24) is 5.32 Å². The van der Waals surface area contributed by atoms with E-state index in [-0.39, 0.29) is 5.56 Å². The van der Waals surface area contributed by atoms with Crippen molar-refractivity contribution in [2.45, 2.75) is 31.0 Å². The summed E-state index contributed by atoms with van der Waals surface area (Å²) in [5.41, 5.74) is -0.598. The number of allylic oxidation sites excluding steroid dienone is 1. The molecule has 5 heteroatoms. The highest BCUT2D eigenvalue weighted by atomic mass is 19.4. The van der Waals surface area contributed by atoms with Crippen LogP contribution in [0.1, 0.15) is 30.4 Å². The highest BCUT2D eigenvalue weighted by Gasteiger charge is 2.41. The Balaban J connectivity index is 1.87. The van der Waals surface area contributed by atoms with Crippen LogP contribution in [0.4, 0.5) is 13.2 Å². The van der Waals surface area contributed by atoms with E-state index in [2.05, 4.69) is 5.32 Å². The molecule has 25 heavy (non-hydrogen) atoms. The largest absolute Gasteiger partial charge is 0.417 e. The molecule has 1 N–H and O–H groups in total. The third-order valence-electron chi connectivity index (χ3n) is 4.56. The highest BCUT2D eigenvalue weighted by Crippen LogP contribution is 2.41. The number of alkyl halides is 3. The summed E-state index contributed by atoms with van der Waals surface area (Å²) in [4.78, 5) is 12.4. The van der Waals surface area contributed by atoms with Crippen molar-refractivity contribution in [3.63, 3.8) is 0 Å². The van der Waals surface area contributed by atoms with Crippen LogP contribution in [0, 0.1) is 0 Å². The molecule has 0 spiro atoms. The fraction of sp³-hybridized carbons (Fsp3) is 0.250. The molecule has 0 atom stereocenters. The summed E-state index contributed by atoms with van der Waals surface area (Å²) in [7, 11) is 0. The van der Waals surface area contributed by atoms with E-state index in [1.807, 2.05) is 30.3 Å². The molecule has 2 nitrogen and oxygen atoms in total. The lowest BCUT2D eigenvalue weighted by Crippen LogP contribution is -2.50. The van der Waals surface area contributed by atoms with Gasteiger partial charge in [0, 0.05) is 6.08 Å². The molecular formula is C20H18F3NO. The van der Waals surface area contributed by atoms with Crippen molar-refractivity contribution in [1.29, 1.82) is 0 Å². The molecule has 0 bridgehead atoms. The van der Waals surface area contributed by atoms with Crippen LogP contribution in [0.25, 0.3) is 5.57 Å². The lowest BCUT2D eigenvalue weighted by molar-refractivity contribution is -0.120. The quantitative estimate of drug-likeness (QED) is 0.790. The third-order valence-corrected chi connectivity index (χ3v) is 4.56. The first-order valence-corrected chi connectivity index (χ1v) is 8.13. The molecule has 0 heterocycles. The molecule has 1 amide bonds. The number of carbonyl (C=O) groups excluding carboxylic acids is 1. The van der Waals surface area contributed by atoms with E-state index in [4.69, 9.17) is 0 Å². The Morgan fingerprint density at radius 3 is 2.00 bits per heavy atom. The highest BCUT2D eigenvalue weighted by molar-refractivity contribution is 5.96. The lowest BCUT2D eigenvalue weighted by Gasteiger charge is -2.43. The minimum Gasteiger partial charge on any atom is -0.343 e. The molecule has 0 aromatic heterocycles. The second kappa shape index (κ2) is 6.75. The number of amides is 1. The van der Waals surface area contributed by atoms with Crippen molar-refractivity contribution >= 4 is 11.5 Å². The van der Waals surface area contributed by atoms with Gasteiger partial charge in [0.05, 0.1) is 11.1 Å². The van der Waals surface area contributed by atoms with Crippen LogP contribution in [0.15, 0.2) is 66.7 Å². The zero-order valence-electron chi connectivity index (χ0n) is 13.5. The van der Waals surface area contributed by atoms with Crippen molar-refractivity contribution in [2.75, 3.05) is 0 Å². The van der Waals surface area contributed by atoms with Crippen LogP contribution in [0.3, 0.4) is 0 Å². The SMILES string of the molecule is O=C(/C=C(/c1ccccc1)C(F)(F)F)NC1(c2ccccc2)CCC1. The second-order valence-corrected chi connectivity index (χ2v) is 6.21. The number of hydrogen-bond acceptors (Lipinski definition) is 1. The number of halogens is 3. The van der Waals surface area contributed by atoms with E-state index in [0.717, 1.165) is 24.8 Å². The summed E-state index contributed by atoms with van der Waals surface area (Å²) < 4.78 is 40.1. The van der Waals surface area contributed by atoms with Gasteiger partial charge in [-0.25, -0.2) is 0 Å². The predicted molar refractivity (Wildman–Crippen MR) is 90.6 cm³/mol. The van der Waals surface area contributed by atoms with Crippen LogP contribution in [-0.4, -0.2) is 12.1 Å². The van der Waals surface area contributed by atoms with Gasteiger partial charge in [0.15, 0.2) is 0 Å². The monoisotopic (exact) mass is 345 g/mol. The standard InChI is InChI=1S/C20H18F3NO/c21-20(22,23)17(15-8-3-1-4-9-15)14-18(25)24-19(12-7-13-19)16-10-5-2-6-11-16/h1-6,8-11,14H,7,12-13H2,(H,24,25)/b17-14-. The van der Waals surface area contributed by atoms with Gasteiger partial charge in [-0.3, -0.25) is 4.79 Å². The van der Waals surface area contributed by atoms with Gasteiger partial charge < -0.3 is 5.32 Å². The molecule has 0 aliphatic heterocycles. The van der Waals surface area contributed by atoms with Gasteiger partial charge in [0.1, 0.15) is 0 Å². The first-order chi connectivity index (χ1) is 11.9.